The highest BCUT2D eigenvalue weighted by Crippen LogP contribution is 2.77. The van der Waals surface area contributed by atoms with E-state index in [1.165, 1.54) is 12.0 Å². The van der Waals surface area contributed by atoms with Crippen molar-refractivity contribution in [3.63, 3.8) is 0 Å². The number of carbonyl (C=O) groups excluding carboxylic acids is 2. The first-order chi connectivity index (χ1) is 23.7. The fraction of sp³-hybridized carbons (Fsp3) is 0.773. The fourth-order valence-corrected chi connectivity index (χ4v) is 13.2. The second-order valence-corrected chi connectivity index (χ2v) is 19.9. The molecular weight excluding hydrogens is 636 g/mol. The number of nitrogens with one attached hydrogen (secondary N) is 1. The summed E-state index contributed by atoms with van der Waals surface area (Å²) in [5, 5.41) is 13.4. The number of allylic oxidation sites excluding steroid dienone is 2. The van der Waals surface area contributed by atoms with Crippen LogP contribution in [-0.2, 0) is 19.1 Å². The van der Waals surface area contributed by atoms with Crippen LogP contribution in [-0.4, -0.2) is 40.5 Å². The number of fused-ring (bicyclic) bond motifs is 7. The molecule has 0 amide bonds. The number of carbonyl (C=O) groups is 3. The number of nitrogens with zero attached hydrogens (tertiary/aromatic N) is 1. The minimum Gasteiger partial charge on any atom is -0.481 e. The Morgan fingerprint density at radius 1 is 0.980 bits per heavy atom. The molecule has 4 fully saturated rings. The van der Waals surface area contributed by atoms with E-state index in [1.54, 1.807) is 19.4 Å². The van der Waals surface area contributed by atoms with E-state index in [1.807, 2.05) is 18.5 Å². The molecule has 0 saturated heterocycles. The van der Waals surface area contributed by atoms with Gasteiger partial charge in [0.1, 0.15) is 6.10 Å². The maximum absolute atomic E-state index is 14.0. The van der Waals surface area contributed by atoms with Gasteiger partial charge in [-0.3, -0.25) is 19.4 Å². The number of pyridine rings is 1. The number of Topliss-reactive ketones (excluding diaryl/α,β-unsaturated/α-hetero) is 1. The molecule has 6 rings (SSSR count). The van der Waals surface area contributed by atoms with Crippen LogP contribution in [0.2, 0.25) is 0 Å². The molecule has 0 radical (unpaired) electrons. The SMILES string of the molecule is CC(C)C1=C2[C@H]3CCC4[C@@]5(C)CC[C@H](OC(=O)CC(C)(C)C(=O)O)C(C)(C)C5CC[C@@]4(C)[C@]3(C)CC[C@@]2(CCN[C@@H](C)c2cccnc2)CC1=O. The van der Waals surface area contributed by atoms with Crippen molar-refractivity contribution in [3.8, 4) is 0 Å². The van der Waals surface area contributed by atoms with Gasteiger partial charge in [0, 0.05) is 35.7 Å². The Bertz CT molecular complexity index is 1560. The van der Waals surface area contributed by atoms with E-state index in [-0.39, 0.29) is 51.6 Å². The quantitative estimate of drug-likeness (QED) is 0.234. The number of carboxylic acid groups (broad SMARTS) is 1. The Kier molecular flexibility index (Phi) is 9.80. The lowest BCUT2D eigenvalue weighted by molar-refractivity contribution is -0.233. The topological polar surface area (TPSA) is 106 Å². The van der Waals surface area contributed by atoms with Gasteiger partial charge in [-0.25, -0.2) is 0 Å². The van der Waals surface area contributed by atoms with Crippen LogP contribution in [0.25, 0.3) is 0 Å². The third-order valence-corrected chi connectivity index (χ3v) is 16.2. The summed E-state index contributed by atoms with van der Waals surface area (Å²) in [4.78, 5) is 43.2. The van der Waals surface area contributed by atoms with Crippen LogP contribution >= 0.6 is 0 Å². The van der Waals surface area contributed by atoms with E-state index < -0.39 is 17.4 Å². The van der Waals surface area contributed by atoms with Crippen LogP contribution in [0, 0.1) is 56.2 Å². The van der Waals surface area contributed by atoms with E-state index in [9.17, 15) is 19.5 Å². The van der Waals surface area contributed by atoms with Gasteiger partial charge in [0.25, 0.3) is 0 Å². The number of hydrogen-bond acceptors (Lipinski definition) is 6. The summed E-state index contributed by atoms with van der Waals surface area (Å²) in [6.45, 7) is 23.1. The zero-order valence-corrected chi connectivity index (χ0v) is 33.3. The number of ketones is 1. The fourth-order valence-electron chi connectivity index (χ4n) is 13.2. The average Bonchev–Trinajstić information content (AvgIpc) is 3.35. The first-order valence-electron chi connectivity index (χ1n) is 20.1. The summed E-state index contributed by atoms with van der Waals surface area (Å²) in [6.07, 6.45) is 13.8. The van der Waals surface area contributed by atoms with E-state index >= 15 is 0 Å². The van der Waals surface area contributed by atoms with Crippen molar-refractivity contribution in [1.29, 1.82) is 0 Å². The number of esters is 1. The summed E-state index contributed by atoms with van der Waals surface area (Å²) in [6, 6.07) is 4.34. The number of rotatable bonds is 10. The number of ether oxygens (including phenoxy) is 1. The summed E-state index contributed by atoms with van der Waals surface area (Å²) in [5.41, 5.74) is 2.86. The van der Waals surface area contributed by atoms with Crippen LogP contribution in [0.4, 0.5) is 0 Å². The van der Waals surface area contributed by atoms with Crippen molar-refractivity contribution < 1.29 is 24.2 Å². The predicted molar refractivity (Wildman–Crippen MR) is 201 cm³/mol. The Labute approximate surface area is 307 Å². The van der Waals surface area contributed by atoms with Gasteiger partial charge in [-0.1, -0.05) is 60.1 Å². The Morgan fingerprint density at radius 2 is 1.71 bits per heavy atom. The van der Waals surface area contributed by atoms with Gasteiger partial charge in [-0.2, -0.15) is 0 Å². The first kappa shape index (κ1) is 38.2. The van der Waals surface area contributed by atoms with Crippen LogP contribution in [0.3, 0.4) is 0 Å². The monoisotopic (exact) mass is 702 g/mol. The van der Waals surface area contributed by atoms with Gasteiger partial charge >= 0.3 is 11.9 Å². The molecule has 0 bridgehead atoms. The normalized spacial score (nSPS) is 38.0. The molecule has 1 aromatic heterocycles. The lowest BCUT2D eigenvalue weighted by atomic mass is 9.33. The summed E-state index contributed by atoms with van der Waals surface area (Å²) < 4.78 is 6.18. The second kappa shape index (κ2) is 13.1. The molecule has 51 heavy (non-hydrogen) atoms. The molecule has 9 atom stereocenters. The molecule has 5 aliphatic rings. The first-order valence-corrected chi connectivity index (χ1v) is 20.1. The standard InChI is InChI=1S/C44H66N2O5/c1-27(2)36-31(47)24-44(21-23-46-28(3)29-12-11-22-45-26-29)20-19-42(9)30(37(36)44)13-14-33-41(8)17-16-34(51-35(48)25-39(4,5)38(49)50)40(6,7)32(41)15-18-43(33,42)10/h11-12,22,26-28,30,32-34,46H,13-21,23-25H2,1-10H3,(H,49,50)/t28-,30+,32?,33?,34-,41-,42+,43+,44+/m0/s1. The van der Waals surface area contributed by atoms with E-state index in [2.05, 4.69) is 71.8 Å². The lowest BCUT2D eigenvalue weighted by Crippen LogP contribution is -2.65. The van der Waals surface area contributed by atoms with Crippen molar-refractivity contribution in [1.82, 2.24) is 10.3 Å². The van der Waals surface area contributed by atoms with Crippen molar-refractivity contribution in [2.75, 3.05) is 6.54 Å². The van der Waals surface area contributed by atoms with Gasteiger partial charge in [-0.15, -0.1) is 0 Å². The molecule has 0 aliphatic heterocycles. The van der Waals surface area contributed by atoms with Gasteiger partial charge < -0.3 is 15.2 Å². The summed E-state index contributed by atoms with van der Waals surface area (Å²) in [5.74, 6) is 0.654. The third kappa shape index (κ3) is 6.04. The minimum atomic E-state index is -1.15. The molecule has 0 spiro atoms. The van der Waals surface area contributed by atoms with Crippen LogP contribution in [0.15, 0.2) is 35.7 Å². The van der Waals surface area contributed by atoms with Crippen LogP contribution in [0.1, 0.15) is 151 Å². The highest BCUT2D eigenvalue weighted by Gasteiger charge is 2.70. The molecular formula is C44H66N2O5. The second-order valence-electron chi connectivity index (χ2n) is 19.9. The number of hydrogen-bond donors (Lipinski definition) is 2. The molecule has 2 unspecified atom stereocenters. The van der Waals surface area contributed by atoms with Gasteiger partial charge in [0.15, 0.2) is 5.78 Å². The summed E-state index contributed by atoms with van der Waals surface area (Å²) >= 11 is 0. The van der Waals surface area contributed by atoms with Gasteiger partial charge in [-0.05, 0) is 142 Å². The van der Waals surface area contributed by atoms with E-state index in [0.717, 1.165) is 63.5 Å². The molecule has 7 heteroatoms. The lowest BCUT2D eigenvalue weighted by Gasteiger charge is -2.72. The summed E-state index contributed by atoms with van der Waals surface area (Å²) in [7, 11) is 0. The molecule has 1 aromatic rings. The molecule has 4 saturated carbocycles. The highest BCUT2D eigenvalue weighted by molar-refractivity contribution is 6.00. The van der Waals surface area contributed by atoms with Gasteiger partial charge in [0.05, 0.1) is 11.8 Å². The van der Waals surface area contributed by atoms with E-state index in [4.69, 9.17) is 4.74 Å². The zero-order chi connectivity index (χ0) is 37.4. The van der Waals surface area contributed by atoms with Crippen molar-refractivity contribution in [3.05, 3.63) is 41.2 Å². The van der Waals surface area contributed by atoms with Crippen LogP contribution in [0.5, 0.6) is 0 Å². The van der Waals surface area contributed by atoms with Crippen molar-refractivity contribution in [2.24, 2.45) is 56.2 Å². The van der Waals surface area contributed by atoms with E-state index in [0.29, 0.717) is 30.0 Å². The Hall–Kier alpha value is -2.54. The molecule has 1 heterocycles. The molecule has 282 valence electrons. The Balaban J connectivity index is 1.25. The maximum Gasteiger partial charge on any atom is 0.309 e. The zero-order valence-electron chi connectivity index (χ0n) is 33.3. The number of carboxylic acids is 1. The molecule has 0 aromatic carbocycles. The minimum absolute atomic E-state index is 0.0496. The largest absolute Gasteiger partial charge is 0.481 e. The van der Waals surface area contributed by atoms with Crippen molar-refractivity contribution >= 4 is 17.7 Å². The number of aliphatic carboxylic acids is 1. The maximum atomic E-state index is 14.0. The Morgan fingerprint density at radius 3 is 2.35 bits per heavy atom. The highest BCUT2D eigenvalue weighted by atomic mass is 16.5. The predicted octanol–water partition coefficient (Wildman–Crippen LogP) is 9.52. The molecule has 5 aliphatic carbocycles. The smallest absolute Gasteiger partial charge is 0.309 e. The molecule has 2 N–H and O–H groups in total. The molecule has 7 nitrogen and oxygen atoms in total. The average molecular weight is 703 g/mol. The van der Waals surface area contributed by atoms with Crippen molar-refractivity contribution in [2.45, 2.75) is 152 Å². The number of aromatic nitrogens is 1. The van der Waals surface area contributed by atoms with Gasteiger partial charge in [0.2, 0.25) is 0 Å². The van der Waals surface area contributed by atoms with Crippen LogP contribution < -0.4 is 5.32 Å². The third-order valence-electron chi connectivity index (χ3n) is 16.2.